The van der Waals surface area contributed by atoms with E-state index < -0.39 is 18.6 Å². The number of fused-ring (bicyclic) bond motifs is 1. The molecular weight excluding hydrogens is 481 g/mol. The van der Waals surface area contributed by atoms with E-state index in [1.165, 1.54) is 19.2 Å². The molecule has 2 aromatic rings. The van der Waals surface area contributed by atoms with Crippen molar-refractivity contribution < 1.29 is 41.7 Å². The maximum absolute atomic E-state index is 13.1. The lowest BCUT2D eigenvalue weighted by Crippen LogP contribution is -2.53. The molecule has 1 aromatic heterocycles. The van der Waals surface area contributed by atoms with Gasteiger partial charge in [0, 0.05) is 18.0 Å². The lowest BCUT2D eigenvalue weighted by atomic mass is 9.82. The second kappa shape index (κ2) is 9.95. The number of benzene rings is 1. The highest BCUT2D eigenvalue weighted by molar-refractivity contribution is 6.30. The summed E-state index contributed by atoms with van der Waals surface area (Å²) >= 11 is 6.16. The number of hydrogen-bond acceptors (Lipinski definition) is 7. The minimum absolute atomic E-state index is 0.0245. The molecule has 184 valence electrons. The van der Waals surface area contributed by atoms with E-state index in [1.54, 1.807) is 11.0 Å². The van der Waals surface area contributed by atoms with Gasteiger partial charge in [-0.2, -0.15) is 0 Å². The second-order valence-corrected chi connectivity index (χ2v) is 8.10. The molecule has 4 rings (SSSR count). The standard InChI is InChI=1S/C22H22ClF3N2O6/c1-30-19-17(31-9-10-33-22(24,25)26)6-5-16(27-19)20(29)28-8-7-21(18(12-28)32-13-34-21)14-3-2-4-15(23)11-14/h2-6,11,18H,7-10,12-13H2,1H3/t18-,21-/m1/s1. The van der Waals surface area contributed by atoms with Crippen LogP contribution in [0.15, 0.2) is 36.4 Å². The van der Waals surface area contributed by atoms with Gasteiger partial charge in [-0.1, -0.05) is 23.7 Å². The van der Waals surface area contributed by atoms with E-state index in [1.807, 2.05) is 18.2 Å². The normalized spacial score (nSPS) is 22.4. The van der Waals surface area contributed by atoms with Crippen molar-refractivity contribution in [2.45, 2.75) is 24.5 Å². The van der Waals surface area contributed by atoms with Crippen molar-refractivity contribution in [1.82, 2.24) is 9.88 Å². The first-order chi connectivity index (χ1) is 16.2. The number of halogens is 4. The van der Waals surface area contributed by atoms with Crippen molar-refractivity contribution in [2.75, 3.05) is 40.2 Å². The zero-order chi connectivity index (χ0) is 24.3. The average Bonchev–Trinajstić information content (AvgIpc) is 3.25. The van der Waals surface area contributed by atoms with Crippen molar-refractivity contribution in [2.24, 2.45) is 0 Å². The Bertz CT molecular complexity index is 1040. The molecule has 0 N–H and O–H groups in total. The number of methoxy groups -OCH3 is 1. The third kappa shape index (κ3) is 5.22. The third-order valence-corrected chi connectivity index (χ3v) is 5.93. The molecular formula is C22H22ClF3N2O6. The molecule has 0 radical (unpaired) electrons. The van der Waals surface area contributed by atoms with Crippen molar-refractivity contribution in [3.63, 3.8) is 0 Å². The summed E-state index contributed by atoms with van der Waals surface area (Å²) in [5.41, 5.74) is 0.304. The number of ether oxygens (including phenoxy) is 5. The molecule has 2 atom stereocenters. The summed E-state index contributed by atoms with van der Waals surface area (Å²) in [6, 6.07) is 10.2. The smallest absolute Gasteiger partial charge is 0.486 e. The Labute approximate surface area is 198 Å². The summed E-state index contributed by atoms with van der Waals surface area (Å²) in [4.78, 5) is 18.9. The van der Waals surface area contributed by atoms with Crippen LogP contribution < -0.4 is 9.47 Å². The number of rotatable bonds is 7. The van der Waals surface area contributed by atoms with Crippen molar-refractivity contribution in [3.8, 4) is 11.6 Å². The maximum atomic E-state index is 13.1. The van der Waals surface area contributed by atoms with E-state index in [0.717, 1.165) is 5.56 Å². The van der Waals surface area contributed by atoms with Gasteiger partial charge >= 0.3 is 6.36 Å². The van der Waals surface area contributed by atoms with E-state index in [2.05, 4.69) is 9.72 Å². The fourth-order valence-electron chi connectivity index (χ4n) is 4.10. The minimum Gasteiger partial charge on any atom is -0.486 e. The number of amides is 1. The highest BCUT2D eigenvalue weighted by Crippen LogP contribution is 2.43. The Morgan fingerprint density at radius 1 is 1.29 bits per heavy atom. The number of alkyl halides is 3. The van der Waals surface area contributed by atoms with Gasteiger partial charge in [0.15, 0.2) is 5.75 Å². The molecule has 0 saturated carbocycles. The van der Waals surface area contributed by atoms with Crippen LogP contribution in [-0.2, 0) is 19.8 Å². The van der Waals surface area contributed by atoms with Gasteiger partial charge in [-0.25, -0.2) is 4.98 Å². The van der Waals surface area contributed by atoms with Gasteiger partial charge in [0.05, 0.1) is 20.3 Å². The van der Waals surface area contributed by atoms with Crippen LogP contribution in [0.2, 0.25) is 5.02 Å². The first-order valence-electron chi connectivity index (χ1n) is 10.4. The molecule has 1 amide bonds. The molecule has 1 aromatic carbocycles. The molecule has 0 bridgehead atoms. The molecule has 0 aliphatic carbocycles. The average molecular weight is 503 g/mol. The minimum atomic E-state index is -4.74. The van der Waals surface area contributed by atoms with Crippen LogP contribution in [0, 0.1) is 0 Å². The number of carbonyl (C=O) groups is 1. The van der Waals surface area contributed by atoms with Crippen LogP contribution in [0.4, 0.5) is 13.2 Å². The van der Waals surface area contributed by atoms with Gasteiger partial charge in [-0.15, -0.1) is 13.2 Å². The largest absolute Gasteiger partial charge is 0.522 e. The van der Waals surface area contributed by atoms with Crippen LogP contribution in [-0.4, -0.2) is 68.5 Å². The van der Waals surface area contributed by atoms with Gasteiger partial charge in [0.2, 0.25) is 0 Å². The van der Waals surface area contributed by atoms with E-state index >= 15 is 0 Å². The molecule has 3 heterocycles. The van der Waals surface area contributed by atoms with Gasteiger partial charge < -0.3 is 23.8 Å². The van der Waals surface area contributed by atoms with Crippen LogP contribution >= 0.6 is 11.6 Å². The summed E-state index contributed by atoms with van der Waals surface area (Å²) in [7, 11) is 1.32. The van der Waals surface area contributed by atoms with Crippen molar-refractivity contribution >= 4 is 17.5 Å². The number of aromatic nitrogens is 1. The molecule has 12 heteroatoms. The summed E-state index contributed by atoms with van der Waals surface area (Å²) in [5, 5.41) is 0.586. The molecule has 34 heavy (non-hydrogen) atoms. The predicted octanol–water partition coefficient (Wildman–Crippen LogP) is 3.77. The highest BCUT2D eigenvalue weighted by Gasteiger charge is 2.51. The summed E-state index contributed by atoms with van der Waals surface area (Å²) < 4.78 is 62.1. The molecule has 2 saturated heterocycles. The van der Waals surface area contributed by atoms with Crippen molar-refractivity contribution in [3.05, 3.63) is 52.7 Å². The number of likely N-dealkylation sites (tertiary alicyclic amines) is 1. The van der Waals surface area contributed by atoms with E-state index in [4.69, 9.17) is 30.5 Å². The zero-order valence-electron chi connectivity index (χ0n) is 18.1. The predicted molar refractivity (Wildman–Crippen MR) is 113 cm³/mol. The van der Waals surface area contributed by atoms with Gasteiger partial charge in [0.25, 0.3) is 11.8 Å². The number of hydrogen-bond donors (Lipinski definition) is 0. The number of carbonyl (C=O) groups excluding carboxylic acids is 1. The number of nitrogens with zero attached hydrogens (tertiary/aromatic N) is 2. The molecule has 0 unspecified atom stereocenters. The van der Waals surface area contributed by atoms with E-state index in [0.29, 0.717) is 18.0 Å². The fraction of sp³-hybridized carbons (Fsp3) is 0.455. The molecule has 0 spiro atoms. The number of piperidine rings is 1. The lowest BCUT2D eigenvalue weighted by Gasteiger charge is -2.41. The molecule has 8 nitrogen and oxygen atoms in total. The Hall–Kier alpha value is -2.60. The van der Waals surface area contributed by atoms with Crippen LogP contribution in [0.5, 0.6) is 11.6 Å². The van der Waals surface area contributed by atoms with E-state index in [9.17, 15) is 18.0 Å². The Morgan fingerprint density at radius 2 is 2.12 bits per heavy atom. The molecule has 2 fully saturated rings. The summed E-state index contributed by atoms with van der Waals surface area (Å²) in [6.45, 7) is -0.291. The first kappa shape index (κ1) is 24.5. The van der Waals surface area contributed by atoms with Crippen LogP contribution in [0.1, 0.15) is 22.5 Å². The Balaban J connectivity index is 1.43. The third-order valence-electron chi connectivity index (χ3n) is 5.69. The zero-order valence-corrected chi connectivity index (χ0v) is 18.9. The topological polar surface area (TPSA) is 79.4 Å². The first-order valence-corrected chi connectivity index (χ1v) is 10.8. The quantitative estimate of drug-likeness (QED) is 0.533. The van der Waals surface area contributed by atoms with Gasteiger partial charge in [-0.3, -0.25) is 9.53 Å². The Kier molecular flexibility index (Phi) is 7.17. The molecule has 2 aliphatic rings. The molecule has 2 aliphatic heterocycles. The number of pyridine rings is 1. The van der Waals surface area contributed by atoms with Crippen LogP contribution in [0.3, 0.4) is 0 Å². The van der Waals surface area contributed by atoms with Crippen LogP contribution in [0.25, 0.3) is 0 Å². The fourth-order valence-corrected chi connectivity index (χ4v) is 4.29. The summed E-state index contributed by atoms with van der Waals surface area (Å²) in [5.74, 6) is -0.278. The SMILES string of the molecule is COc1nc(C(=O)N2CC[C@]3(c4cccc(Cl)c4)OCO[C@@H]3C2)ccc1OCCOC(F)(F)F. The van der Waals surface area contributed by atoms with Gasteiger partial charge in [0.1, 0.15) is 30.8 Å². The van der Waals surface area contributed by atoms with Crippen molar-refractivity contribution in [1.29, 1.82) is 0 Å². The summed E-state index contributed by atoms with van der Waals surface area (Å²) in [6.07, 6.45) is -4.63. The second-order valence-electron chi connectivity index (χ2n) is 7.67. The maximum Gasteiger partial charge on any atom is 0.522 e. The lowest BCUT2D eigenvalue weighted by molar-refractivity contribution is -0.325. The van der Waals surface area contributed by atoms with Gasteiger partial charge in [-0.05, 0) is 29.8 Å². The monoisotopic (exact) mass is 502 g/mol. The van der Waals surface area contributed by atoms with E-state index in [-0.39, 0.29) is 49.3 Å². The highest BCUT2D eigenvalue weighted by atomic mass is 35.5. The Morgan fingerprint density at radius 3 is 2.85 bits per heavy atom.